The van der Waals surface area contributed by atoms with Gasteiger partial charge in [-0.05, 0) is 32.7 Å². The topological polar surface area (TPSA) is 47.7 Å². The average molecular weight is 478 g/mol. The van der Waals surface area contributed by atoms with E-state index in [1.54, 1.807) is 6.26 Å². The molecule has 37 heavy (non-hydrogen) atoms. The van der Waals surface area contributed by atoms with Crippen LogP contribution in [0.15, 0.2) is 120 Å². The van der Waals surface area contributed by atoms with Crippen molar-refractivity contribution in [3.8, 4) is 39.5 Å². The van der Waals surface area contributed by atoms with Gasteiger partial charge in [0.05, 0.1) is 5.56 Å². The molecule has 0 atom stereocenters. The van der Waals surface area contributed by atoms with Crippen molar-refractivity contribution < 1.29 is 9.09 Å². The molecule has 1 aliphatic heterocycles. The van der Waals surface area contributed by atoms with E-state index in [9.17, 15) is 0 Å². The molecule has 0 amide bonds. The first kappa shape index (κ1) is 20.2. The molecule has 0 aliphatic carbocycles. The second-order valence-electron chi connectivity index (χ2n) is 9.43. The van der Waals surface area contributed by atoms with E-state index in [0.29, 0.717) is 6.54 Å². The molecule has 7 aromatic rings. The minimum atomic E-state index is 0.654. The highest BCUT2D eigenvalue weighted by atomic mass is 16.5. The Balaban J connectivity index is 1.50. The maximum absolute atomic E-state index is 5.35. The quantitative estimate of drug-likeness (QED) is 0.263. The van der Waals surface area contributed by atoms with Crippen molar-refractivity contribution in [3.63, 3.8) is 0 Å². The second-order valence-corrected chi connectivity index (χ2v) is 9.43. The lowest BCUT2D eigenvalue weighted by Crippen LogP contribution is -2.33. The molecule has 0 bridgehead atoms. The Morgan fingerprint density at radius 1 is 0.649 bits per heavy atom. The van der Waals surface area contributed by atoms with Gasteiger partial charge in [-0.1, -0.05) is 108 Å². The second kappa shape index (κ2) is 7.73. The minimum Gasteiger partial charge on any atom is -0.363 e. The van der Waals surface area contributed by atoms with Crippen molar-refractivity contribution >= 4 is 21.5 Å². The predicted molar refractivity (Wildman–Crippen MR) is 144 cm³/mol. The molecule has 0 fully saturated rings. The number of nitrogens with zero attached hydrogens (tertiary/aromatic N) is 4. The average Bonchev–Trinajstić information content (AvgIpc) is 3.66. The first-order valence-electron chi connectivity index (χ1n) is 12.4. The van der Waals surface area contributed by atoms with Gasteiger partial charge in [0.25, 0.3) is 12.2 Å². The molecule has 2 aromatic heterocycles. The fourth-order valence-corrected chi connectivity index (χ4v) is 5.74. The Kier molecular flexibility index (Phi) is 4.22. The molecule has 0 N–H and O–H groups in total. The van der Waals surface area contributed by atoms with Gasteiger partial charge in [0.15, 0.2) is 5.69 Å². The molecular weight excluding hydrogens is 456 g/mol. The summed E-state index contributed by atoms with van der Waals surface area (Å²) in [4.78, 5) is 0. The van der Waals surface area contributed by atoms with Crippen LogP contribution in [0.5, 0.6) is 0 Å². The van der Waals surface area contributed by atoms with E-state index in [1.807, 2.05) is 11.0 Å². The first-order valence-corrected chi connectivity index (χ1v) is 12.4. The summed E-state index contributed by atoms with van der Waals surface area (Å²) < 4.78 is 9.53. The Morgan fingerprint density at radius 2 is 1.22 bits per heavy atom. The van der Waals surface area contributed by atoms with Gasteiger partial charge in [0.2, 0.25) is 0 Å². The number of rotatable bonds is 3. The van der Waals surface area contributed by atoms with Crippen LogP contribution in [0.1, 0.15) is 5.56 Å². The van der Waals surface area contributed by atoms with Crippen LogP contribution in [0.2, 0.25) is 0 Å². The lowest BCUT2D eigenvalue weighted by atomic mass is 9.91. The molecule has 5 heteroatoms. The molecule has 0 saturated carbocycles. The first-order chi connectivity index (χ1) is 18.4. The van der Waals surface area contributed by atoms with Crippen molar-refractivity contribution in [3.05, 3.63) is 121 Å². The summed E-state index contributed by atoms with van der Waals surface area (Å²) in [5, 5.41) is 14.0. The Morgan fingerprint density at radius 3 is 1.89 bits per heavy atom. The van der Waals surface area contributed by atoms with Crippen LogP contribution in [0.3, 0.4) is 0 Å². The summed E-state index contributed by atoms with van der Waals surface area (Å²) >= 11 is 0. The summed E-state index contributed by atoms with van der Waals surface area (Å²) in [5.41, 5.74) is 7.61. The smallest absolute Gasteiger partial charge is 0.295 e. The number of benzene rings is 5. The number of aromatic nitrogens is 4. The van der Waals surface area contributed by atoms with Gasteiger partial charge in [0, 0.05) is 16.2 Å². The third-order valence-corrected chi connectivity index (χ3v) is 7.39. The lowest BCUT2D eigenvalue weighted by molar-refractivity contribution is -0.583. The molecule has 174 valence electrons. The van der Waals surface area contributed by atoms with E-state index >= 15 is 0 Å². The highest BCUT2D eigenvalue weighted by molar-refractivity contribution is 6.03. The Bertz CT molecular complexity index is 1870. The van der Waals surface area contributed by atoms with Gasteiger partial charge in [-0.2, -0.15) is 4.57 Å². The van der Waals surface area contributed by atoms with Crippen LogP contribution in [0.25, 0.3) is 61.0 Å². The zero-order valence-corrected chi connectivity index (χ0v) is 19.9. The van der Waals surface area contributed by atoms with E-state index < -0.39 is 0 Å². The van der Waals surface area contributed by atoms with Crippen molar-refractivity contribution in [2.24, 2.45) is 0 Å². The van der Waals surface area contributed by atoms with Crippen molar-refractivity contribution in [1.29, 1.82) is 0 Å². The van der Waals surface area contributed by atoms with E-state index in [2.05, 4.69) is 113 Å². The summed E-state index contributed by atoms with van der Waals surface area (Å²) in [6, 6.07) is 36.7. The molecule has 0 radical (unpaired) electrons. The summed E-state index contributed by atoms with van der Waals surface area (Å²) in [7, 11) is 0. The highest BCUT2D eigenvalue weighted by Gasteiger charge is 2.36. The van der Waals surface area contributed by atoms with Gasteiger partial charge in [-0.3, -0.25) is 0 Å². The van der Waals surface area contributed by atoms with E-state index in [1.165, 1.54) is 32.7 Å². The number of para-hydroxylation sites is 1. The van der Waals surface area contributed by atoms with E-state index in [-0.39, 0.29) is 0 Å². The number of fused-ring (bicyclic) bond motifs is 5. The zero-order valence-electron chi connectivity index (χ0n) is 19.9. The largest absolute Gasteiger partial charge is 0.363 e. The molecule has 0 saturated heterocycles. The minimum absolute atomic E-state index is 0.654. The normalized spacial score (nSPS) is 12.2. The molecule has 8 rings (SSSR count). The van der Waals surface area contributed by atoms with Crippen molar-refractivity contribution in [1.82, 2.24) is 14.9 Å². The van der Waals surface area contributed by atoms with Crippen molar-refractivity contribution in [2.45, 2.75) is 6.54 Å². The third-order valence-electron chi connectivity index (χ3n) is 7.39. The zero-order chi connectivity index (χ0) is 24.3. The van der Waals surface area contributed by atoms with Crippen LogP contribution in [0.4, 0.5) is 0 Å². The fourth-order valence-electron chi connectivity index (χ4n) is 5.74. The fraction of sp³-hybridized carbons (Fsp3) is 0.0312. The molecule has 0 spiro atoms. The SMILES string of the molecule is c1cc(-c2cccc3ccccc23)c(-[n+]2cnn3c2-c2nocc2C3)c(-c2cccc3ccccc23)c1. The third kappa shape index (κ3) is 2.94. The molecule has 1 aliphatic rings. The monoisotopic (exact) mass is 477 g/mol. The van der Waals surface area contributed by atoms with Crippen LogP contribution >= 0.6 is 0 Å². The van der Waals surface area contributed by atoms with Gasteiger partial charge in [-0.25, -0.2) is 0 Å². The van der Waals surface area contributed by atoms with Gasteiger partial charge in [-0.15, -0.1) is 4.68 Å². The van der Waals surface area contributed by atoms with Crippen LogP contribution in [-0.2, 0) is 6.54 Å². The summed E-state index contributed by atoms with van der Waals surface area (Å²) in [6.45, 7) is 0.654. The summed E-state index contributed by atoms with van der Waals surface area (Å²) in [5.74, 6) is 0.929. The predicted octanol–water partition coefficient (Wildman–Crippen LogP) is 6.82. The number of hydrogen-bond acceptors (Lipinski definition) is 3. The Labute approximate surface area is 212 Å². The highest BCUT2D eigenvalue weighted by Crippen LogP contribution is 2.40. The van der Waals surface area contributed by atoms with E-state index in [0.717, 1.165) is 33.9 Å². The maximum atomic E-state index is 5.35. The number of hydrogen-bond donors (Lipinski definition) is 0. The Hall–Kier alpha value is -5.03. The van der Waals surface area contributed by atoms with Crippen molar-refractivity contribution in [2.75, 3.05) is 0 Å². The van der Waals surface area contributed by atoms with Crippen LogP contribution in [0, 0.1) is 0 Å². The van der Waals surface area contributed by atoms with E-state index in [4.69, 9.17) is 9.62 Å². The molecule has 3 heterocycles. The molecule has 5 nitrogen and oxygen atoms in total. The van der Waals surface area contributed by atoms with Gasteiger partial charge >= 0.3 is 0 Å². The summed E-state index contributed by atoms with van der Waals surface area (Å²) in [6.07, 6.45) is 3.63. The molecule has 5 aromatic carbocycles. The van der Waals surface area contributed by atoms with Gasteiger partial charge in [0.1, 0.15) is 18.5 Å². The lowest BCUT2D eigenvalue weighted by Gasteiger charge is -2.16. The van der Waals surface area contributed by atoms with Crippen LogP contribution < -0.4 is 4.57 Å². The molecular formula is C32H21N4O+. The standard InChI is InChI=1S/C32H21N4O/c1-3-12-24-21(8-1)10-5-14-26(24)28-16-7-17-29(27-15-6-11-22-9-2-4-13-25(22)27)31(28)35-20-33-36-18-23-19-37-34-30(23)32(35)36/h1-17,19-20H,18H2/q+1. The molecule has 0 unspecified atom stereocenters. The maximum Gasteiger partial charge on any atom is 0.295 e. The van der Waals surface area contributed by atoms with Gasteiger partial charge < -0.3 is 4.52 Å². The van der Waals surface area contributed by atoms with Crippen LogP contribution in [-0.4, -0.2) is 14.9 Å².